The molecule has 21 heavy (non-hydrogen) atoms. The van der Waals surface area contributed by atoms with Gasteiger partial charge in [-0.2, -0.15) is 0 Å². The predicted octanol–water partition coefficient (Wildman–Crippen LogP) is 1.14. The number of hydrogen-bond donors (Lipinski definition) is 1. The fourth-order valence-electron chi connectivity index (χ4n) is 3.24. The number of piperidine rings is 1. The Morgan fingerprint density at radius 1 is 1.24 bits per heavy atom. The molecule has 1 aliphatic heterocycles. The van der Waals surface area contributed by atoms with Crippen molar-refractivity contribution in [1.29, 1.82) is 0 Å². The third kappa shape index (κ3) is 2.14. The molecule has 1 heterocycles. The molecule has 2 amide bonds. The van der Waals surface area contributed by atoms with Crippen molar-refractivity contribution in [3.05, 3.63) is 35.4 Å². The van der Waals surface area contributed by atoms with Crippen LogP contribution in [0.2, 0.25) is 0 Å². The molecule has 3 rings (SSSR count). The Kier molecular flexibility index (Phi) is 3.11. The number of amides is 2. The molecule has 2 N–H and O–H groups in total. The van der Waals surface area contributed by atoms with Crippen LogP contribution in [0.3, 0.4) is 0 Å². The molecule has 1 saturated heterocycles. The number of carbonyl (C=O) groups excluding carboxylic acids is 2. The Morgan fingerprint density at radius 3 is 2.52 bits per heavy atom. The number of fused-ring (bicyclic) bond motifs is 1. The van der Waals surface area contributed by atoms with Gasteiger partial charge in [0.15, 0.2) is 0 Å². The van der Waals surface area contributed by atoms with Gasteiger partial charge in [0.2, 0.25) is 11.8 Å². The van der Waals surface area contributed by atoms with Crippen LogP contribution in [0.15, 0.2) is 24.3 Å². The van der Waals surface area contributed by atoms with Crippen molar-refractivity contribution in [1.82, 2.24) is 4.90 Å². The number of likely N-dealkylation sites (tertiary alicyclic amines) is 1. The van der Waals surface area contributed by atoms with Crippen LogP contribution >= 0.6 is 0 Å². The van der Waals surface area contributed by atoms with E-state index in [0.29, 0.717) is 13.1 Å². The second kappa shape index (κ2) is 4.71. The van der Waals surface area contributed by atoms with Crippen LogP contribution in [0.25, 0.3) is 0 Å². The number of imide groups is 1. The Hall–Kier alpha value is -2.12. The second-order valence-electron chi connectivity index (χ2n) is 6.25. The van der Waals surface area contributed by atoms with Gasteiger partial charge in [0, 0.05) is 5.56 Å². The van der Waals surface area contributed by atoms with Crippen molar-refractivity contribution < 1.29 is 9.59 Å². The Bertz CT molecular complexity index is 658. The molecule has 0 bridgehead atoms. The lowest BCUT2D eigenvalue weighted by Gasteiger charge is -2.20. The van der Waals surface area contributed by atoms with Gasteiger partial charge in [-0.15, -0.1) is 0 Å². The molecule has 4 nitrogen and oxygen atoms in total. The third-order valence-electron chi connectivity index (χ3n) is 4.49. The van der Waals surface area contributed by atoms with Crippen LogP contribution in [0, 0.1) is 29.1 Å². The minimum absolute atomic E-state index is 0.0338. The minimum atomic E-state index is -0.154. The number of carbonyl (C=O) groups is 2. The molecule has 2 unspecified atom stereocenters. The summed E-state index contributed by atoms with van der Waals surface area (Å²) in [5.74, 6) is 5.45. The number of nitrogens with two attached hydrogens (primary N) is 1. The van der Waals surface area contributed by atoms with Crippen LogP contribution in [-0.4, -0.2) is 23.3 Å². The smallest absolute Gasteiger partial charge is 0.233 e. The molecule has 4 heteroatoms. The molecule has 1 aromatic carbocycles. The first-order chi connectivity index (χ1) is 9.96. The predicted molar refractivity (Wildman–Crippen MR) is 78.7 cm³/mol. The summed E-state index contributed by atoms with van der Waals surface area (Å²) in [6.45, 7) is 4.61. The van der Waals surface area contributed by atoms with E-state index < -0.39 is 0 Å². The summed E-state index contributed by atoms with van der Waals surface area (Å²) in [6, 6.07) is 7.58. The number of benzene rings is 1. The van der Waals surface area contributed by atoms with Gasteiger partial charge in [-0.05, 0) is 23.1 Å². The van der Waals surface area contributed by atoms with E-state index in [0.717, 1.165) is 11.1 Å². The highest BCUT2D eigenvalue weighted by Gasteiger charge is 2.72. The molecule has 2 fully saturated rings. The Balaban J connectivity index is 1.77. The van der Waals surface area contributed by atoms with Gasteiger partial charge in [-0.25, -0.2) is 0 Å². The lowest BCUT2D eigenvalue weighted by Crippen LogP contribution is -2.35. The quantitative estimate of drug-likeness (QED) is 0.653. The van der Waals surface area contributed by atoms with Crippen molar-refractivity contribution in [2.75, 3.05) is 6.54 Å². The average Bonchev–Trinajstić information content (AvgIpc) is 2.93. The number of hydrogen-bond acceptors (Lipinski definition) is 3. The van der Waals surface area contributed by atoms with Crippen LogP contribution in [0.4, 0.5) is 0 Å². The van der Waals surface area contributed by atoms with E-state index in [1.165, 1.54) is 4.90 Å². The van der Waals surface area contributed by atoms with Gasteiger partial charge >= 0.3 is 0 Å². The topological polar surface area (TPSA) is 63.4 Å². The molecule has 1 saturated carbocycles. The standard InChI is InChI=1S/C17H18N2O2/c1-17(2)13-14(17)16(21)19(15(13)20)10-12-6-3-5-11(9-12)7-4-8-18/h3,5-6,9,13-14H,8,10,18H2,1-2H3. The molecule has 0 aromatic heterocycles. The highest BCUT2D eigenvalue weighted by atomic mass is 16.2. The van der Waals surface area contributed by atoms with Crippen molar-refractivity contribution in [3.63, 3.8) is 0 Å². The highest BCUT2D eigenvalue weighted by Crippen LogP contribution is 2.63. The Morgan fingerprint density at radius 2 is 1.90 bits per heavy atom. The van der Waals surface area contributed by atoms with Gasteiger partial charge in [-0.3, -0.25) is 14.5 Å². The first kappa shape index (κ1) is 13.8. The fourth-order valence-corrected chi connectivity index (χ4v) is 3.24. The zero-order valence-corrected chi connectivity index (χ0v) is 12.2. The Labute approximate surface area is 124 Å². The maximum Gasteiger partial charge on any atom is 0.233 e. The van der Waals surface area contributed by atoms with Gasteiger partial charge < -0.3 is 5.73 Å². The maximum absolute atomic E-state index is 12.3. The normalized spacial score (nSPS) is 25.4. The number of nitrogens with zero attached hydrogens (tertiary/aromatic N) is 1. The van der Waals surface area contributed by atoms with Gasteiger partial charge in [0.25, 0.3) is 0 Å². The summed E-state index contributed by atoms with van der Waals surface area (Å²) in [5.41, 5.74) is 6.97. The molecule has 108 valence electrons. The van der Waals surface area contributed by atoms with Crippen LogP contribution in [-0.2, 0) is 16.1 Å². The maximum atomic E-state index is 12.3. The number of rotatable bonds is 2. The summed E-state index contributed by atoms with van der Waals surface area (Å²) < 4.78 is 0. The molecule has 0 spiro atoms. The van der Waals surface area contributed by atoms with E-state index in [-0.39, 0.29) is 29.1 Å². The van der Waals surface area contributed by atoms with Crippen molar-refractivity contribution in [2.45, 2.75) is 20.4 Å². The summed E-state index contributed by atoms with van der Waals surface area (Å²) in [7, 11) is 0. The van der Waals surface area contributed by atoms with Crippen molar-refractivity contribution in [3.8, 4) is 11.8 Å². The molecule has 2 aliphatic rings. The average molecular weight is 282 g/mol. The van der Waals surface area contributed by atoms with E-state index in [2.05, 4.69) is 11.8 Å². The first-order valence-electron chi connectivity index (χ1n) is 7.10. The van der Waals surface area contributed by atoms with Crippen LogP contribution < -0.4 is 5.73 Å². The monoisotopic (exact) mass is 282 g/mol. The largest absolute Gasteiger partial charge is 0.320 e. The van der Waals surface area contributed by atoms with E-state index in [1.54, 1.807) is 0 Å². The van der Waals surface area contributed by atoms with Gasteiger partial charge in [-0.1, -0.05) is 37.8 Å². The van der Waals surface area contributed by atoms with E-state index in [9.17, 15) is 9.59 Å². The third-order valence-corrected chi connectivity index (χ3v) is 4.49. The SMILES string of the molecule is CC1(C)C2C(=O)N(Cc3cccc(C#CCN)c3)C(=O)C21. The van der Waals surface area contributed by atoms with E-state index in [4.69, 9.17) is 5.73 Å². The molecular formula is C17H18N2O2. The molecule has 0 radical (unpaired) electrons. The summed E-state index contributed by atoms with van der Waals surface area (Å²) in [5, 5.41) is 0. The lowest BCUT2D eigenvalue weighted by atomic mass is 10.0. The molecule has 2 atom stereocenters. The highest BCUT2D eigenvalue weighted by molar-refractivity contribution is 6.10. The zero-order chi connectivity index (χ0) is 15.2. The summed E-state index contributed by atoms with van der Waals surface area (Å²) in [4.78, 5) is 26.0. The van der Waals surface area contributed by atoms with Crippen molar-refractivity contribution in [2.24, 2.45) is 23.0 Å². The zero-order valence-electron chi connectivity index (χ0n) is 12.2. The van der Waals surface area contributed by atoms with Crippen LogP contribution in [0.5, 0.6) is 0 Å². The van der Waals surface area contributed by atoms with Crippen molar-refractivity contribution >= 4 is 11.8 Å². The summed E-state index contributed by atoms with van der Waals surface area (Å²) in [6.07, 6.45) is 0. The minimum Gasteiger partial charge on any atom is -0.320 e. The lowest BCUT2D eigenvalue weighted by molar-refractivity contribution is -0.143. The van der Waals surface area contributed by atoms with Gasteiger partial charge in [0.1, 0.15) is 0 Å². The molecule has 1 aromatic rings. The first-order valence-corrected chi connectivity index (χ1v) is 7.10. The van der Waals surface area contributed by atoms with Crippen LogP contribution in [0.1, 0.15) is 25.0 Å². The fraction of sp³-hybridized carbons (Fsp3) is 0.412. The van der Waals surface area contributed by atoms with Gasteiger partial charge in [0.05, 0.1) is 24.9 Å². The summed E-state index contributed by atoms with van der Waals surface area (Å²) >= 11 is 0. The second-order valence-corrected chi connectivity index (χ2v) is 6.25. The molecular weight excluding hydrogens is 264 g/mol. The van der Waals surface area contributed by atoms with E-state index >= 15 is 0 Å². The molecule has 1 aliphatic carbocycles. The van der Waals surface area contributed by atoms with E-state index in [1.807, 2.05) is 38.1 Å².